The van der Waals surface area contributed by atoms with Gasteiger partial charge in [0.25, 0.3) is 0 Å². The van der Waals surface area contributed by atoms with Gasteiger partial charge in [-0.25, -0.2) is 13.6 Å². The number of sulfonamides is 1. The summed E-state index contributed by atoms with van der Waals surface area (Å²) in [6.45, 7) is 1.30. The van der Waals surface area contributed by atoms with Gasteiger partial charge in [-0.1, -0.05) is 0 Å². The summed E-state index contributed by atoms with van der Waals surface area (Å²) in [7, 11) is -3.73. The molecule has 1 aromatic carbocycles. The minimum absolute atomic E-state index is 0.0514. The summed E-state index contributed by atoms with van der Waals surface area (Å²) in [4.78, 5) is 2.12. The van der Waals surface area contributed by atoms with Gasteiger partial charge >= 0.3 is 6.18 Å². The summed E-state index contributed by atoms with van der Waals surface area (Å²) in [5.74, 6) is -1.11. The molecule has 0 radical (unpaired) electrons. The van der Waals surface area contributed by atoms with Crippen LogP contribution in [-0.2, 0) is 16.4 Å². The van der Waals surface area contributed by atoms with Crippen LogP contribution in [0.25, 0.3) is 0 Å². The Morgan fingerprint density at radius 3 is 2.55 bits per heavy atom. The van der Waals surface area contributed by atoms with E-state index in [9.17, 15) is 21.6 Å². The summed E-state index contributed by atoms with van der Waals surface area (Å²) in [6, 6.07) is 4.71. The number of anilines is 1. The number of hydrogen-bond donors (Lipinski definition) is 1. The molecule has 1 aromatic rings. The summed E-state index contributed by atoms with van der Waals surface area (Å²) >= 11 is 0. The van der Waals surface area contributed by atoms with E-state index in [1.165, 1.54) is 6.07 Å². The van der Waals surface area contributed by atoms with Crippen LogP contribution in [-0.4, -0.2) is 27.7 Å². The molecular formula is C14H17F3N2O2S. The Bertz CT molecular complexity index is 682. The van der Waals surface area contributed by atoms with E-state index in [1.807, 2.05) is 4.90 Å². The monoisotopic (exact) mass is 334 g/mol. The molecule has 0 unspecified atom stereocenters. The van der Waals surface area contributed by atoms with Gasteiger partial charge in [-0.05, 0) is 48.9 Å². The summed E-state index contributed by atoms with van der Waals surface area (Å²) in [5.41, 5.74) is 1.79. The molecule has 2 aliphatic rings. The topological polar surface area (TPSA) is 63.4 Å². The molecule has 0 bridgehead atoms. The van der Waals surface area contributed by atoms with Gasteiger partial charge in [-0.3, -0.25) is 0 Å². The van der Waals surface area contributed by atoms with Gasteiger partial charge in [0.05, 0.1) is 10.8 Å². The molecule has 1 aliphatic carbocycles. The first-order chi connectivity index (χ1) is 10.1. The second-order valence-corrected chi connectivity index (χ2v) is 7.67. The molecular weight excluding hydrogens is 317 g/mol. The standard InChI is InChI=1S/C14H17F3N2O2S/c15-14(16,17)11-5-9(6-11)8-19-4-3-10-7-12(22(18,20)21)1-2-13(10)19/h1-2,7,9,11H,3-6,8H2,(H2,18,20,21). The fraction of sp³-hybridized carbons (Fsp3) is 0.571. The number of primary sulfonamides is 1. The maximum absolute atomic E-state index is 12.5. The van der Waals surface area contributed by atoms with Crippen molar-refractivity contribution in [2.24, 2.45) is 17.0 Å². The van der Waals surface area contributed by atoms with Crippen LogP contribution in [0.2, 0.25) is 0 Å². The van der Waals surface area contributed by atoms with Crippen LogP contribution in [0.1, 0.15) is 18.4 Å². The minimum atomic E-state index is -4.08. The number of alkyl halides is 3. The van der Waals surface area contributed by atoms with Crippen molar-refractivity contribution in [2.75, 3.05) is 18.0 Å². The van der Waals surface area contributed by atoms with E-state index in [-0.39, 0.29) is 23.7 Å². The van der Waals surface area contributed by atoms with Crippen molar-refractivity contribution >= 4 is 15.7 Å². The third kappa shape index (κ3) is 2.94. The predicted octanol–water partition coefficient (Wildman–Crippen LogP) is 2.29. The number of fused-ring (bicyclic) bond motifs is 1. The van der Waals surface area contributed by atoms with Crippen molar-refractivity contribution in [1.82, 2.24) is 0 Å². The molecule has 0 amide bonds. The van der Waals surface area contributed by atoms with Gasteiger partial charge < -0.3 is 4.90 Å². The summed E-state index contributed by atoms with van der Waals surface area (Å²) in [6.07, 6.45) is -3.02. The van der Waals surface area contributed by atoms with Gasteiger partial charge in [0, 0.05) is 18.8 Å². The Hall–Kier alpha value is -1.28. The highest BCUT2D eigenvalue weighted by molar-refractivity contribution is 7.89. The quantitative estimate of drug-likeness (QED) is 0.922. The van der Waals surface area contributed by atoms with E-state index in [0.717, 1.165) is 11.3 Å². The van der Waals surface area contributed by atoms with Crippen molar-refractivity contribution in [2.45, 2.75) is 30.3 Å². The molecule has 122 valence electrons. The lowest BCUT2D eigenvalue weighted by Gasteiger charge is -2.39. The number of nitrogens with two attached hydrogens (primary N) is 1. The van der Waals surface area contributed by atoms with Crippen LogP contribution >= 0.6 is 0 Å². The normalized spacial score (nSPS) is 25.0. The highest BCUT2D eigenvalue weighted by atomic mass is 32.2. The second-order valence-electron chi connectivity index (χ2n) is 6.11. The molecule has 0 spiro atoms. The smallest absolute Gasteiger partial charge is 0.371 e. The third-order valence-electron chi connectivity index (χ3n) is 4.55. The Morgan fingerprint density at radius 1 is 1.27 bits per heavy atom. The van der Waals surface area contributed by atoms with Crippen molar-refractivity contribution in [3.8, 4) is 0 Å². The predicted molar refractivity (Wildman–Crippen MR) is 76.0 cm³/mol. The molecule has 0 saturated heterocycles. The van der Waals surface area contributed by atoms with Crippen LogP contribution in [0, 0.1) is 11.8 Å². The summed E-state index contributed by atoms with van der Waals surface area (Å²) in [5, 5.41) is 5.10. The Kier molecular flexibility index (Phi) is 3.64. The SMILES string of the molecule is NS(=O)(=O)c1ccc2c(c1)CCN2CC1CC(C(F)(F)F)C1. The third-order valence-corrected chi connectivity index (χ3v) is 5.46. The zero-order valence-corrected chi connectivity index (χ0v) is 12.6. The van der Waals surface area contributed by atoms with E-state index in [0.29, 0.717) is 19.5 Å². The van der Waals surface area contributed by atoms with E-state index < -0.39 is 22.1 Å². The molecule has 1 fully saturated rings. The Morgan fingerprint density at radius 2 is 1.95 bits per heavy atom. The van der Waals surface area contributed by atoms with Crippen LogP contribution in [0.3, 0.4) is 0 Å². The number of nitrogens with zero attached hydrogens (tertiary/aromatic N) is 1. The lowest BCUT2D eigenvalue weighted by molar-refractivity contribution is -0.203. The molecule has 2 N–H and O–H groups in total. The molecule has 1 saturated carbocycles. The van der Waals surface area contributed by atoms with Crippen molar-refractivity contribution in [1.29, 1.82) is 0 Å². The lowest BCUT2D eigenvalue weighted by Crippen LogP contribution is -2.41. The zero-order valence-electron chi connectivity index (χ0n) is 11.8. The largest absolute Gasteiger partial charge is 0.391 e. The highest BCUT2D eigenvalue weighted by Crippen LogP contribution is 2.45. The van der Waals surface area contributed by atoms with Crippen LogP contribution in [0.4, 0.5) is 18.9 Å². The van der Waals surface area contributed by atoms with E-state index in [1.54, 1.807) is 12.1 Å². The van der Waals surface area contributed by atoms with Gasteiger partial charge in [-0.2, -0.15) is 13.2 Å². The molecule has 1 aliphatic heterocycles. The van der Waals surface area contributed by atoms with Crippen LogP contribution in [0.5, 0.6) is 0 Å². The number of benzene rings is 1. The average molecular weight is 334 g/mol. The Labute approximate surface area is 127 Å². The molecule has 1 heterocycles. The van der Waals surface area contributed by atoms with E-state index >= 15 is 0 Å². The first-order valence-electron chi connectivity index (χ1n) is 7.12. The molecule has 0 aromatic heterocycles. The molecule has 0 atom stereocenters. The summed E-state index contributed by atoms with van der Waals surface area (Å²) < 4.78 is 60.2. The molecule has 4 nitrogen and oxygen atoms in total. The Balaban J connectivity index is 1.66. The second kappa shape index (κ2) is 5.13. The maximum Gasteiger partial charge on any atom is 0.391 e. The fourth-order valence-electron chi connectivity index (χ4n) is 3.28. The van der Waals surface area contributed by atoms with Gasteiger partial charge in [0.15, 0.2) is 0 Å². The number of halogens is 3. The zero-order chi connectivity index (χ0) is 16.1. The number of hydrogen-bond acceptors (Lipinski definition) is 3. The van der Waals surface area contributed by atoms with Gasteiger partial charge in [-0.15, -0.1) is 0 Å². The van der Waals surface area contributed by atoms with Crippen molar-refractivity contribution in [3.05, 3.63) is 23.8 Å². The van der Waals surface area contributed by atoms with Crippen LogP contribution in [0.15, 0.2) is 23.1 Å². The minimum Gasteiger partial charge on any atom is -0.371 e. The first-order valence-corrected chi connectivity index (χ1v) is 8.66. The van der Waals surface area contributed by atoms with Crippen molar-refractivity contribution < 1.29 is 21.6 Å². The molecule has 3 rings (SSSR count). The van der Waals surface area contributed by atoms with Gasteiger partial charge in [0.2, 0.25) is 10.0 Å². The van der Waals surface area contributed by atoms with Crippen LogP contribution < -0.4 is 10.0 Å². The molecule has 22 heavy (non-hydrogen) atoms. The number of rotatable bonds is 3. The molecule has 8 heteroatoms. The fourth-order valence-corrected chi connectivity index (χ4v) is 3.84. The lowest BCUT2D eigenvalue weighted by atomic mass is 9.74. The van der Waals surface area contributed by atoms with Crippen molar-refractivity contribution in [3.63, 3.8) is 0 Å². The maximum atomic E-state index is 12.5. The van der Waals surface area contributed by atoms with E-state index in [2.05, 4.69) is 0 Å². The highest BCUT2D eigenvalue weighted by Gasteiger charge is 2.48. The first kappa shape index (κ1) is 15.6. The van der Waals surface area contributed by atoms with E-state index in [4.69, 9.17) is 5.14 Å². The average Bonchev–Trinajstić information content (AvgIpc) is 2.72. The van der Waals surface area contributed by atoms with Gasteiger partial charge in [0.1, 0.15) is 0 Å².